The van der Waals surface area contributed by atoms with E-state index >= 15 is 0 Å². The van der Waals surface area contributed by atoms with Crippen molar-refractivity contribution in [2.24, 2.45) is 0 Å². The van der Waals surface area contributed by atoms with Crippen molar-refractivity contribution < 1.29 is 0 Å². The van der Waals surface area contributed by atoms with E-state index in [1.54, 1.807) is 10.9 Å². The van der Waals surface area contributed by atoms with E-state index < -0.39 is 0 Å². The van der Waals surface area contributed by atoms with Crippen LogP contribution in [0.25, 0.3) is 5.69 Å². The van der Waals surface area contributed by atoms with Gasteiger partial charge in [-0.2, -0.15) is 0 Å². The average Bonchev–Trinajstić information content (AvgIpc) is 3.04. The summed E-state index contributed by atoms with van der Waals surface area (Å²) in [4.78, 5) is 4.19. The molecule has 102 valence electrons. The quantitative estimate of drug-likeness (QED) is 0.744. The Morgan fingerprint density at radius 1 is 1.25 bits per heavy atom. The van der Waals surface area contributed by atoms with Gasteiger partial charge in [-0.05, 0) is 37.6 Å². The molecule has 0 atom stereocenters. The molecule has 2 aromatic heterocycles. The standard InChI is InChI=1S/C14H14ClN5/c1-10-7-13(3-4-14(10)15)20-9-12(17-18-20)8-19-6-5-16-11(19)2/h3-7,9H,8H2,1-2H3. The zero-order valence-electron chi connectivity index (χ0n) is 11.3. The second-order valence-electron chi connectivity index (χ2n) is 4.69. The van der Waals surface area contributed by atoms with E-state index in [0.717, 1.165) is 27.8 Å². The number of hydrogen-bond acceptors (Lipinski definition) is 3. The van der Waals surface area contributed by atoms with Crippen LogP contribution in [-0.2, 0) is 6.54 Å². The molecule has 0 aliphatic carbocycles. The topological polar surface area (TPSA) is 48.5 Å². The molecule has 0 unspecified atom stereocenters. The molecule has 6 heteroatoms. The highest BCUT2D eigenvalue weighted by Crippen LogP contribution is 2.18. The monoisotopic (exact) mass is 287 g/mol. The molecule has 1 aromatic carbocycles. The van der Waals surface area contributed by atoms with Crippen molar-refractivity contribution in [1.29, 1.82) is 0 Å². The van der Waals surface area contributed by atoms with Gasteiger partial charge < -0.3 is 4.57 Å². The van der Waals surface area contributed by atoms with Gasteiger partial charge in [0.05, 0.1) is 18.4 Å². The summed E-state index contributed by atoms with van der Waals surface area (Å²) in [5, 5.41) is 9.10. The van der Waals surface area contributed by atoms with E-state index in [4.69, 9.17) is 11.6 Å². The Kier molecular flexibility index (Phi) is 3.28. The molecule has 0 aliphatic rings. The summed E-state index contributed by atoms with van der Waals surface area (Å²) < 4.78 is 3.78. The van der Waals surface area contributed by atoms with Gasteiger partial charge in [0.1, 0.15) is 11.5 Å². The van der Waals surface area contributed by atoms with Gasteiger partial charge >= 0.3 is 0 Å². The first-order valence-corrected chi connectivity index (χ1v) is 6.67. The molecule has 0 amide bonds. The predicted molar refractivity (Wildman–Crippen MR) is 77.2 cm³/mol. The zero-order valence-corrected chi connectivity index (χ0v) is 12.0. The van der Waals surface area contributed by atoms with Gasteiger partial charge in [-0.15, -0.1) is 5.10 Å². The highest BCUT2D eigenvalue weighted by Gasteiger charge is 2.06. The summed E-state index contributed by atoms with van der Waals surface area (Å²) in [6.07, 6.45) is 5.63. The van der Waals surface area contributed by atoms with Gasteiger partial charge in [0.2, 0.25) is 0 Å². The molecule has 0 saturated carbocycles. The summed E-state index contributed by atoms with van der Waals surface area (Å²) in [5.41, 5.74) is 2.86. The van der Waals surface area contributed by atoms with Crippen LogP contribution in [0, 0.1) is 13.8 Å². The number of halogens is 1. The summed E-state index contributed by atoms with van der Waals surface area (Å²) in [6, 6.07) is 5.78. The maximum Gasteiger partial charge on any atom is 0.105 e. The third-order valence-electron chi connectivity index (χ3n) is 3.20. The summed E-state index contributed by atoms with van der Waals surface area (Å²) in [7, 11) is 0. The minimum atomic E-state index is 0.665. The molecule has 3 aromatic rings. The van der Waals surface area contributed by atoms with Gasteiger partial charge in [0.15, 0.2) is 0 Å². The molecular formula is C14H14ClN5. The van der Waals surface area contributed by atoms with E-state index in [1.807, 2.05) is 49.0 Å². The van der Waals surface area contributed by atoms with Gasteiger partial charge in [0.25, 0.3) is 0 Å². The molecule has 0 saturated heterocycles. The van der Waals surface area contributed by atoms with Crippen molar-refractivity contribution in [3.05, 3.63) is 58.9 Å². The lowest BCUT2D eigenvalue weighted by Crippen LogP contribution is -2.00. The van der Waals surface area contributed by atoms with Crippen LogP contribution < -0.4 is 0 Å². The Bertz CT molecular complexity index is 744. The van der Waals surface area contributed by atoms with Crippen LogP contribution in [0.15, 0.2) is 36.8 Å². The predicted octanol–water partition coefficient (Wildman–Crippen LogP) is 2.78. The lowest BCUT2D eigenvalue weighted by atomic mass is 10.2. The van der Waals surface area contributed by atoms with Crippen molar-refractivity contribution in [2.75, 3.05) is 0 Å². The molecule has 20 heavy (non-hydrogen) atoms. The lowest BCUT2D eigenvalue weighted by Gasteiger charge is -2.03. The second-order valence-corrected chi connectivity index (χ2v) is 5.10. The third kappa shape index (κ3) is 2.44. The third-order valence-corrected chi connectivity index (χ3v) is 3.63. The first kappa shape index (κ1) is 12.9. The van der Waals surface area contributed by atoms with Crippen LogP contribution in [0.1, 0.15) is 17.1 Å². The van der Waals surface area contributed by atoms with E-state index in [-0.39, 0.29) is 0 Å². The fourth-order valence-electron chi connectivity index (χ4n) is 2.01. The van der Waals surface area contributed by atoms with Crippen LogP contribution in [0.5, 0.6) is 0 Å². The maximum absolute atomic E-state index is 6.03. The zero-order chi connectivity index (χ0) is 14.1. The highest BCUT2D eigenvalue weighted by molar-refractivity contribution is 6.31. The fourth-order valence-corrected chi connectivity index (χ4v) is 2.13. The molecule has 0 fully saturated rings. The molecule has 0 radical (unpaired) electrons. The maximum atomic E-state index is 6.03. The van der Waals surface area contributed by atoms with Crippen molar-refractivity contribution in [3.8, 4) is 5.69 Å². The number of rotatable bonds is 3. The minimum absolute atomic E-state index is 0.665. The molecule has 5 nitrogen and oxygen atoms in total. The smallest absolute Gasteiger partial charge is 0.105 e. The Labute approximate surface area is 121 Å². The number of aromatic nitrogens is 5. The number of hydrogen-bond donors (Lipinski definition) is 0. The molecular weight excluding hydrogens is 274 g/mol. The van der Waals surface area contributed by atoms with Crippen molar-refractivity contribution in [1.82, 2.24) is 24.5 Å². The fraction of sp³-hybridized carbons (Fsp3) is 0.214. The second kappa shape index (κ2) is 5.09. The Morgan fingerprint density at radius 2 is 2.10 bits per heavy atom. The molecule has 0 spiro atoms. The molecule has 0 aliphatic heterocycles. The SMILES string of the molecule is Cc1cc(-n2cc(Cn3ccnc3C)nn2)ccc1Cl. The van der Waals surface area contributed by atoms with E-state index in [1.165, 1.54) is 0 Å². The van der Waals surface area contributed by atoms with Crippen LogP contribution in [0.3, 0.4) is 0 Å². The highest BCUT2D eigenvalue weighted by atomic mass is 35.5. The number of benzene rings is 1. The molecule has 3 rings (SSSR count). The molecule has 0 N–H and O–H groups in total. The van der Waals surface area contributed by atoms with Crippen molar-refractivity contribution >= 4 is 11.6 Å². The van der Waals surface area contributed by atoms with Gasteiger partial charge in [-0.1, -0.05) is 16.8 Å². The average molecular weight is 288 g/mol. The first-order valence-electron chi connectivity index (χ1n) is 6.29. The summed E-state index contributed by atoms with van der Waals surface area (Å²) >= 11 is 6.03. The Morgan fingerprint density at radius 3 is 2.80 bits per heavy atom. The van der Waals surface area contributed by atoms with Crippen molar-refractivity contribution in [2.45, 2.75) is 20.4 Å². The molecule has 2 heterocycles. The molecule has 0 bridgehead atoms. The Balaban J connectivity index is 1.86. The van der Waals surface area contributed by atoms with Crippen LogP contribution in [0.4, 0.5) is 0 Å². The first-order chi connectivity index (χ1) is 9.63. The Hall–Kier alpha value is -2.14. The summed E-state index contributed by atoms with van der Waals surface area (Å²) in [6.45, 7) is 4.60. The van der Waals surface area contributed by atoms with E-state index in [9.17, 15) is 0 Å². The van der Waals surface area contributed by atoms with Gasteiger partial charge in [-0.3, -0.25) is 0 Å². The minimum Gasteiger partial charge on any atom is -0.329 e. The lowest BCUT2D eigenvalue weighted by molar-refractivity contribution is 0.733. The van der Waals surface area contributed by atoms with E-state index in [0.29, 0.717) is 6.54 Å². The largest absolute Gasteiger partial charge is 0.329 e. The van der Waals surface area contributed by atoms with Gasteiger partial charge in [-0.25, -0.2) is 9.67 Å². The number of aryl methyl sites for hydroxylation is 2. The number of imidazole rings is 1. The van der Waals surface area contributed by atoms with Gasteiger partial charge in [0, 0.05) is 17.4 Å². The number of nitrogens with zero attached hydrogens (tertiary/aromatic N) is 5. The van der Waals surface area contributed by atoms with Crippen LogP contribution in [0.2, 0.25) is 5.02 Å². The van der Waals surface area contributed by atoms with E-state index in [2.05, 4.69) is 15.3 Å². The normalized spacial score (nSPS) is 10.9. The summed E-state index contributed by atoms with van der Waals surface area (Å²) in [5.74, 6) is 0.960. The van der Waals surface area contributed by atoms with Crippen LogP contribution >= 0.6 is 11.6 Å². The van der Waals surface area contributed by atoms with Crippen LogP contribution in [-0.4, -0.2) is 24.5 Å². The van der Waals surface area contributed by atoms with Crippen molar-refractivity contribution in [3.63, 3.8) is 0 Å².